The lowest BCUT2D eigenvalue weighted by molar-refractivity contribution is -0.115. The molecule has 2 aliphatic heterocycles. The molecule has 17 heavy (non-hydrogen) atoms. The summed E-state index contributed by atoms with van der Waals surface area (Å²) in [5, 5.41) is 0. The van der Waals surface area contributed by atoms with Crippen LogP contribution in [0.15, 0.2) is 29.8 Å². The van der Waals surface area contributed by atoms with Crippen molar-refractivity contribution in [3.05, 3.63) is 35.4 Å². The van der Waals surface area contributed by atoms with Crippen molar-refractivity contribution in [2.75, 3.05) is 11.4 Å². The maximum Gasteiger partial charge on any atom is 0.255 e. The number of carbonyl (C=O) groups is 1. The number of rotatable bonds is 2. The lowest BCUT2D eigenvalue weighted by atomic mass is 9.78. The molecule has 2 nitrogen and oxygen atoms in total. The molecule has 0 aromatic heterocycles. The zero-order valence-corrected chi connectivity index (χ0v) is 10.6. The minimum Gasteiger partial charge on any atom is -0.304 e. The number of anilines is 1. The maximum atomic E-state index is 12.4. The van der Waals surface area contributed by atoms with Gasteiger partial charge in [0.05, 0.1) is 12.2 Å². The van der Waals surface area contributed by atoms with Gasteiger partial charge >= 0.3 is 0 Å². The van der Waals surface area contributed by atoms with Crippen LogP contribution in [0, 0.1) is 5.41 Å². The third-order valence-electron chi connectivity index (χ3n) is 4.16. The van der Waals surface area contributed by atoms with Crippen LogP contribution in [0.25, 0.3) is 5.57 Å². The van der Waals surface area contributed by atoms with Gasteiger partial charge in [-0.25, -0.2) is 0 Å². The van der Waals surface area contributed by atoms with Gasteiger partial charge in [-0.3, -0.25) is 4.79 Å². The van der Waals surface area contributed by atoms with Crippen LogP contribution in [0.1, 0.15) is 32.8 Å². The number of para-hydroxylation sites is 1. The van der Waals surface area contributed by atoms with Crippen molar-refractivity contribution in [3.63, 3.8) is 0 Å². The molecule has 1 amide bonds. The quantitative estimate of drug-likeness (QED) is 0.759. The molecule has 0 aliphatic carbocycles. The molecular weight excluding hydrogens is 210 g/mol. The summed E-state index contributed by atoms with van der Waals surface area (Å²) in [6, 6.07) is 8.21. The highest BCUT2D eigenvalue weighted by molar-refractivity contribution is 6.22. The number of amides is 1. The molecule has 2 aliphatic rings. The monoisotopic (exact) mass is 227 g/mol. The second-order valence-corrected chi connectivity index (χ2v) is 5.50. The Morgan fingerprint density at radius 3 is 2.71 bits per heavy atom. The Hall–Kier alpha value is -1.57. The van der Waals surface area contributed by atoms with E-state index in [1.807, 2.05) is 17.0 Å². The first kappa shape index (κ1) is 10.6. The van der Waals surface area contributed by atoms with Crippen molar-refractivity contribution in [3.8, 4) is 0 Å². The van der Waals surface area contributed by atoms with E-state index in [4.69, 9.17) is 0 Å². The van der Waals surface area contributed by atoms with Crippen molar-refractivity contribution in [2.24, 2.45) is 5.41 Å². The standard InChI is InChI=1S/C15H17NO/c1-4-15(2,3)13-11-9-16(14(13)17)12-8-6-5-7-10(11)12/h5-8H,4,9H2,1-3H3. The summed E-state index contributed by atoms with van der Waals surface area (Å²) < 4.78 is 0. The van der Waals surface area contributed by atoms with E-state index < -0.39 is 0 Å². The van der Waals surface area contributed by atoms with Crippen LogP contribution in [-0.4, -0.2) is 12.5 Å². The number of benzene rings is 1. The van der Waals surface area contributed by atoms with Crippen LogP contribution in [0.5, 0.6) is 0 Å². The van der Waals surface area contributed by atoms with Crippen LogP contribution < -0.4 is 4.90 Å². The second-order valence-electron chi connectivity index (χ2n) is 5.50. The Morgan fingerprint density at radius 1 is 1.29 bits per heavy atom. The van der Waals surface area contributed by atoms with Crippen LogP contribution in [0.4, 0.5) is 5.69 Å². The highest BCUT2D eigenvalue weighted by Crippen LogP contribution is 2.49. The van der Waals surface area contributed by atoms with E-state index in [2.05, 4.69) is 32.9 Å². The highest BCUT2D eigenvalue weighted by atomic mass is 16.2. The lowest BCUT2D eigenvalue weighted by Gasteiger charge is -2.28. The summed E-state index contributed by atoms with van der Waals surface area (Å²) in [5.41, 5.74) is 4.59. The summed E-state index contributed by atoms with van der Waals surface area (Å²) in [6.45, 7) is 7.25. The van der Waals surface area contributed by atoms with Gasteiger partial charge in [-0.1, -0.05) is 39.0 Å². The summed E-state index contributed by atoms with van der Waals surface area (Å²) in [7, 11) is 0. The number of hydrogen-bond donors (Lipinski definition) is 0. The fourth-order valence-electron chi connectivity index (χ4n) is 2.83. The SMILES string of the molecule is CCC(C)(C)C1=C2CN(C1=O)c1ccccc12. The third kappa shape index (κ3) is 1.24. The van der Waals surface area contributed by atoms with Crippen LogP contribution in [-0.2, 0) is 4.79 Å². The van der Waals surface area contributed by atoms with Gasteiger partial charge in [-0.2, -0.15) is 0 Å². The topological polar surface area (TPSA) is 20.3 Å². The average Bonchev–Trinajstić information content (AvgIpc) is 2.85. The molecule has 0 saturated carbocycles. The van der Waals surface area contributed by atoms with Gasteiger partial charge in [0.15, 0.2) is 0 Å². The van der Waals surface area contributed by atoms with Gasteiger partial charge in [0, 0.05) is 11.1 Å². The first-order valence-electron chi connectivity index (χ1n) is 6.21. The third-order valence-corrected chi connectivity index (χ3v) is 4.16. The molecule has 0 unspecified atom stereocenters. The van der Waals surface area contributed by atoms with Crippen molar-refractivity contribution in [1.29, 1.82) is 0 Å². The lowest BCUT2D eigenvalue weighted by Crippen LogP contribution is -2.31. The zero-order chi connectivity index (χ0) is 12.2. The molecule has 2 heteroatoms. The van der Waals surface area contributed by atoms with Gasteiger partial charge in [0.1, 0.15) is 0 Å². The maximum absolute atomic E-state index is 12.4. The Bertz CT molecular complexity index is 540. The molecule has 2 bridgehead atoms. The summed E-state index contributed by atoms with van der Waals surface area (Å²) >= 11 is 0. The Morgan fingerprint density at radius 2 is 2.00 bits per heavy atom. The average molecular weight is 227 g/mol. The van der Waals surface area contributed by atoms with Crippen molar-refractivity contribution in [2.45, 2.75) is 27.2 Å². The molecule has 0 N–H and O–H groups in total. The van der Waals surface area contributed by atoms with E-state index in [-0.39, 0.29) is 11.3 Å². The molecular formula is C15H17NO. The molecule has 0 spiro atoms. The Balaban J connectivity index is 2.23. The van der Waals surface area contributed by atoms with E-state index in [0.717, 1.165) is 24.2 Å². The van der Waals surface area contributed by atoms with Crippen molar-refractivity contribution < 1.29 is 4.79 Å². The summed E-state index contributed by atoms with van der Waals surface area (Å²) in [4.78, 5) is 14.3. The number of nitrogens with zero attached hydrogens (tertiary/aromatic N) is 1. The molecule has 0 atom stereocenters. The number of hydrogen-bond acceptors (Lipinski definition) is 1. The molecule has 1 aromatic rings. The predicted octanol–water partition coefficient (Wildman–Crippen LogP) is 3.24. The van der Waals surface area contributed by atoms with Crippen LogP contribution >= 0.6 is 0 Å². The van der Waals surface area contributed by atoms with E-state index in [1.54, 1.807) is 0 Å². The molecule has 0 saturated heterocycles. The van der Waals surface area contributed by atoms with Gasteiger partial charge < -0.3 is 4.90 Å². The minimum atomic E-state index is -0.0191. The molecule has 2 heterocycles. The second kappa shape index (κ2) is 3.22. The van der Waals surface area contributed by atoms with Crippen molar-refractivity contribution in [1.82, 2.24) is 0 Å². The highest BCUT2D eigenvalue weighted by Gasteiger charge is 2.44. The molecule has 3 rings (SSSR count). The van der Waals surface area contributed by atoms with Crippen molar-refractivity contribution >= 4 is 17.2 Å². The van der Waals surface area contributed by atoms with E-state index in [9.17, 15) is 4.79 Å². The minimum absolute atomic E-state index is 0.0191. The molecule has 0 radical (unpaired) electrons. The van der Waals surface area contributed by atoms with Gasteiger partial charge in [0.2, 0.25) is 0 Å². The normalized spacial score (nSPS) is 18.1. The number of carbonyl (C=O) groups excluding carboxylic acids is 1. The summed E-state index contributed by atoms with van der Waals surface area (Å²) in [5.74, 6) is 0.213. The van der Waals surface area contributed by atoms with Crippen LogP contribution in [0.3, 0.4) is 0 Å². The number of fused-ring (bicyclic) bond motifs is 5. The molecule has 88 valence electrons. The Kier molecular flexibility index (Phi) is 2.00. The molecule has 0 fully saturated rings. The smallest absolute Gasteiger partial charge is 0.255 e. The van der Waals surface area contributed by atoms with E-state index >= 15 is 0 Å². The fourth-order valence-corrected chi connectivity index (χ4v) is 2.83. The van der Waals surface area contributed by atoms with Crippen LogP contribution in [0.2, 0.25) is 0 Å². The largest absolute Gasteiger partial charge is 0.304 e. The van der Waals surface area contributed by atoms with Gasteiger partial charge in [0.25, 0.3) is 5.91 Å². The van der Waals surface area contributed by atoms with E-state index in [1.165, 1.54) is 11.1 Å². The molecule has 1 aromatic carbocycles. The first-order chi connectivity index (χ1) is 8.06. The van der Waals surface area contributed by atoms with Gasteiger partial charge in [-0.05, 0) is 23.5 Å². The first-order valence-corrected chi connectivity index (χ1v) is 6.21. The zero-order valence-electron chi connectivity index (χ0n) is 10.6. The van der Waals surface area contributed by atoms with Gasteiger partial charge in [-0.15, -0.1) is 0 Å². The Labute approximate surface area is 102 Å². The van der Waals surface area contributed by atoms with E-state index in [0.29, 0.717) is 0 Å². The fraction of sp³-hybridized carbons (Fsp3) is 0.400. The summed E-state index contributed by atoms with van der Waals surface area (Å²) in [6.07, 6.45) is 0.994. The predicted molar refractivity (Wildman–Crippen MR) is 69.8 cm³/mol.